The zero-order valence-corrected chi connectivity index (χ0v) is 23.4. The summed E-state index contributed by atoms with van der Waals surface area (Å²) in [6.07, 6.45) is 14.4. The van der Waals surface area contributed by atoms with Crippen molar-refractivity contribution < 1.29 is 19.6 Å². The first-order chi connectivity index (χ1) is 18.8. The number of hydrogen-bond donors (Lipinski definition) is 4. The number of amides is 2. The van der Waals surface area contributed by atoms with Gasteiger partial charge in [-0.25, -0.2) is 16.3 Å². The fourth-order valence-electron chi connectivity index (χ4n) is 6.33. The van der Waals surface area contributed by atoms with E-state index in [1.54, 1.807) is 23.3 Å². The van der Waals surface area contributed by atoms with Crippen LogP contribution in [0.2, 0.25) is 0 Å². The number of hydroxylamine groups is 1. The van der Waals surface area contributed by atoms with Crippen LogP contribution >= 0.6 is 0 Å². The van der Waals surface area contributed by atoms with Crippen LogP contribution in [0.4, 0.5) is 0 Å². The smallest absolute Gasteiger partial charge is 0.247 e. The van der Waals surface area contributed by atoms with Crippen molar-refractivity contribution in [2.75, 3.05) is 0 Å². The van der Waals surface area contributed by atoms with Crippen LogP contribution in [0.5, 0.6) is 0 Å². The summed E-state index contributed by atoms with van der Waals surface area (Å²) in [5.74, 6) is 3.88. The van der Waals surface area contributed by atoms with Gasteiger partial charge in [-0.15, -0.1) is 0 Å². The minimum absolute atomic E-state index is 0.0351. The van der Waals surface area contributed by atoms with Gasteiger partial charge in [0.25, 0.3) is 0 Å². The summed E-state index contributed by atoms with van der Waals surface area (Å²) >= 11 is 0. The molecule has 1 aliphatic rings. The summed E-state index contributed by atoms with van der Waals surface area (Å²) in [6, 6.07) is 7.85. The number of aromatic nitrogens is 2. The summed E-state index contributed by atoms with van der Waals surface area (Å²) < 4.78 is 1.64. The summed E-state index contributed by atoms with van der Waals surface area (Å²) in [6.45, 7) is 3.87. The number of hydrogen-bond acceptors (Lipinski definition) is 6. The van der Waals surface area contributed by atoms with E-state index in [1.165, 1.54) is 32.1 Å². The SMILES string of the molecule is CCCC(C[C@@H](c1ccc(C)cc1)[C@H](CCCC1CCCCC1)C(=O)NO)(C(=O)Cn1ccnc1)C(=O)NN. The summed E-state index contributed by atoms with van der Waals surface area (Å²) in [4.78, 5) is 44.6. The molecule has 0 bridgehead atoms. The van der Waals surface area contributed by atoms with Crippen molar-refractivity contribution in [1.29, 1.82) is 0 Å². The third-order valence-electron chi connectivity index (χ3n) is 8.52. The predicted molar refractivity (Wildman–Crippen MR) is 149 cm³/mol. The molecule has 0 radical (unpaired) electrons. The van der Waals surface area contributed by atoms with Gasteiger partial charge in [0.2, 0.25) is 11.8 Å². The van der Waals surface area contributed by atoms with E-state index in [1.807, 2.05) is 43.6 Å². The number of nitrogens with one attached hydrogen (secondary N) is 2. The van der Waals surface area contributed by atoms with Gasteiger partial charge in [-0.1, -0.05) is 88.1 Å². The number of ketones is 1. The summed E-state index contributed by atoms with van der Waals surface area (Å²) in [7, 11) is 0. The zero-order valence-electron chi connectivity index (χ0n) is 23.4. The van der Waals surface area contributed by atoms with E-state index in [0.717, 1.165) is 24.0 Å². The molecule has 1 fully saturated rings. The molecule has 1 heterocycles. The van der Waals surface area contributed by atoms with Crippen LogP contribution in [0.3, 0.4) is 0 Å². The van der Waals surface area contributed by atoms with Crippen molar-refractivity contribution in [3.63, 3.8) is 0 Å². The molecular weight excluding hydrogens is 494 g/mol. The fourth-order valence-corrected chi connectivity index (χ4v) is 6.33. The minimum atomic E-state index is -1.46. The van der Waals surface area contributed by atoms with Crippen molar-refractivity contribution in [2.45, 2.75) is 96.9 Å². The number of carbonyl (C=O) groups is 3. The molecule has 9 heteroatoms. The molecule has 2 amide bonds. The molecule has 1 aromatic carbocycles. The Morgan fingerprint density at radius 2 is 1.90 bits per heavy atom. The Morgan fingerprint density at radius 3 is 2.49 bits per heavy atom. The largest absolute Gasteiger partial charge is 0.330 e. The average molecular weight is 540 g/mol. The molecule has 3 atom stereocenters. The van der Waals surface area contributed by atoms with Gasteiger partial charge in [0.05, 0.1) is 12.9 Å². The Bertz CT molecular complexity index is 1050. The first-order valence-electron chi connectivity index (χ1n) is 14.3. The molecule has 1 unspecified atom stereocenters. The highest BCUT2D eigenvalue weighted by Gasteiger charge is 2.48. The molecule has 9 nitrogen and oxygen atoms in total. The van der Waals surface area contributed by atoms with Crippen LogP contribution in [-0.4, -0.2) is 32.4 Å². The monoisotopic (exact) mass is 539 g/mol. The van der Waals surface area contributed by atoms with Crippen LogP contribution < -0.4 is 16.7 Å². The molecule has 5 N–H and O–H groups in total. The molecule has 0 aliphatic heterocycles. The first kappa shape index (κ1) is 30.5. The molecular formula is C30H45N5O4. The van der Waals surface area contributed by atoms with E-state index in [9.17, 15) is 19.6 Å². The van der Waals surface area contributed by atoms with Gasteiger partial charge < -0.3 is 4.57 Å². The number of Topliss-reactive ketones (excluding diaryl/α,β-unsaturated/α-hetero) is 1. The third kappa shape index (κ3) is 7.99. The number of imidazole rings is 1. The van der Waals surface area contributed by atoms with Crippen LogP contribution in [0.15, 0.2) is 43.0 Å². The number of rotatable bonds is 15. The Hall–Kier alpha value is -3.04. The lowest BCUT2D eigenvalue weighted by molar-refractivity contribution is -0.146. The second-order valence-electron chi connectivity index (χ2n) is 11.2. The Balaban J connectivity index is 1.99. The number of benzene rings is 1. The van der Waals surface area contributed by atoms with Crippen LogP contribution in [0.25, 0.3) is 0 Å². The lowest BCUT2D eigenvalue weighted by Crippen LogP contribution is -2.51. The molecule has 1 aromatic heterocycles. The number of carbonyl (C=O) groups excluding carboxylic acids is 3. The van der Waals surface area contributed by atoms with E-state index in [-0.39, 0.29) is 25.2 Å². The van der Waals surface area contributed by atoms with E-state index in [4.69, 9.17) is 5.84 Å². The van der Waals surface area contributed by atoms with Gasteiger partial charge in [-0.2, -0.15) is 0 Å². The quantitative estimate of drug-likeness (QED) is 0.0859. The Labute approximate surface area is 231 Å². The molecule has 39 heavy (non-hydrogen) atoms. The molecule has 2 aromatic rings. The number of hydrazine groups is 1. The van der Waals surface area contributed by atoms with E-state index in [0.29, 0.717) is 18.8 Å². The topological polar surface area (TPSA) is 139 Å². The van der Waals surface area contributed by atoms with E-state index in [2.05, 4.69) is 10.4 Å². The van der Waals surface area contributed by atoms with Crippen LogP contribution in [0, 0.1) is 24.2 Å². The van der Waals surface area contributed by atoms with Crippen molar-refractivity contribution in [2.24, 2.45) is 23.1 Å². The van der Waals surface area contributed by atoms with Gasteiger partial charge in [-0.3, -0.25) is 25.0 Å². The predicted octanol–water partition coefficient (Wildman–Crippen LogP) is 4.58. The average Bonchev–Trinajstić information content (AvgIpc) is 3.47. The fraction of sp³-hybridized carbons (Fsp3) is 0.600. The number of nitrogens with two attached hydrogens (primary N) is 1. The van der Waals surface area contributed by atoms with Crippen molar-refractivity contribution in [3.05, 3.63) is 54.1 Å². The van der Waals surface area contributed by atoms with Crippen molar-refractivity contribution >= 4 is 17.6 Å². The minimum Gasteiger partial charge on any atom is -0.330 e. The maximum atomic E-state index is 13.9. The highest BCUT2D eigenvalue weighted by molar-refractivity contribution is 6.06. The molecule has 1 aliphatic carbocycles. The highest BCUT2D eigenvalue weighted by Crippen LogP contribution is 2.43. The van der Waals surface area contributed by atoms with Crippen molar-refractivity contribution in [1.82, 2.24) is 20.5 Å². The highest BCUT2D eigenvalue weighted by atomic mass is 16.5. The molecule has 0 saturated heterocycles. The Kier molecular flexibility index (Phi) is 11.7. The Morgan fingerprint density at radius 1 is 1.18 bits per heavy atom. The van der Waals surface area contributed by atoms with Crippen LogP contribution in [0.1, 0.15) is 94.6 Å². The molecule has 0 spiro atoms. The van der Waals surface area contributed by atoms with Gasteiger partial charge in [0, 0.05) is 18.3 Å². The van der Waals surface area contributed by atoms with E-state index < -0.39 is 29.1 Å². The summed E-state index contributed by atoms with van der Waals surface area (Å²) in [5, 5.41) is 9.75. The molecule has 214 valence electrons. The second kappa shape index (κ2) is 14.9. The molecule has 3 rings (SSSR count). The van der Waals surface area contributed by atoms with Gasteiger partial charge in [-0.05, 0) is 43.6 Å². The standard InChI is InChI=1S/C30H45N5O4/c1-3-16-30(29(38)33-31,27(36)20-35-18-17-32-21-35)19-26(24-14-12-22(2)13-15-24)25(28(37)34-39)11-7-10-23-8-5-4-6-9-23/h12-15,17-18,21,23,25-26,39H,3-11,16,19-20,31H2,1-2H3,(H,33,38)(H,34,37)/t25-,26-,30?/m0/s1. The lowest BCUT2D eigenvalue weighted by atomic mass is 9.66. The van der Waals surface area contributed by atoms with E-state index >= 15 is 0 Å². The van der Waals surface area contributed by atoms with Gasteiger partial charge >= 0.3 is 0 Å². The van der Waals surface area contributed by atoms with Crippen molar-refractivity contribution in [3.8, 4) is 0 Å². The van der Waals surface area contributed by atoms with Gasteiger partial charge in [0.1, 0.15) is 5.41 Å². The first-order valence-corrected chi connectivity index (χ1v) is 14.3. The van der Waals surface area contributed by atoms with Gasteiger partial charge in [0.15, 0.2) is 5.78 Å². The second-order valence-corrected chi connectivity index (χ2v) is 11.2. The normalized spacial score (nSPS) is 17.1. The lowest BCUT2D eigenvalue weighted by Gasteiger charge is -2.37. The maximum absolute atomic E-state index is 13.9. The maximum Gasteiger partial charge on any atom is 0.247 e. The van der Waals surface area contributed by atoms with Crippen LogP contribution in [-0.2, 0) is 20.9 Å². The summed E-state index contributed by atoms with van der Waals surface area (Å²) in [5.41, 5.74) is 4.59. The number of nitrogens with zero attached hydrogens (tertiary/aromatic N) is 2. The number of aryl methyl sites for hydroxylation is 1. The third-order valence-corrected chi connectivity index (χ3v) is 8.52. The zero-order chi connectivity index (χ0) is 28.3. The molecule has 1 saturated carbocycles.